The van der Waals surface area contributed by atoms with E-state index >= 15 is 0 Å². The van der Waals surface area contributed by atoms with Crippen LogP contribution in [0.15, 0.2) is 66.9 Å². The van der Waals surface area contributed by atoms with E-state index in [2.05, 4.69) is 19.1 Å². The molecule has 0 spiro atoms. The Morgan fingerprint density at radius 2 is 1.87 bits per heavy atom. The molecule has 0 amide bonds. The standard InChI is InChI=1S/C24H21ClN2O3S/c1-16-4-2-3-5-19(16)14-30-15-20-13-27(23(26-20)21-10-11-22(25)31-21)12-17-6-8-18(9-7-17)24(28)29/h2-11,13H,12,14-15H2,1H3,(H,28,29). The van der Waals surface area contributed by atoms with E-state index in [9.17, 15) is 4.79 Å². The first kappa shape index (κ1) is 21.3. The van der Waals surface area contributed by atoms with Crippen molar-refractivity contribution in [3.63, 3.8) is 0 Å². The lowest BCUT2D eigenvalue weighted by Crippen LogP contribution is -2.02. The summed E-state index contributed by atoms with van der Waals surface area (Å²) in [5, 5.41) is 9.11. The van der Waals surface area contributed by atoms with Gasteiger partial charge in [-0.05, 0) is 47.9 Å². The predicted octanol–water partition coefficient (Wildman–Crippen LogP) is 6.04. The zero-order valence-corrected chi connectivity index (χ0v) is 18.5. The van der Waals surface area contributed by atoms with Crippen molar-refractivity contribution in [2.24, 2.45) is 0 Å². The number of ether oxygens (including phenoxy) is 1. The number of nitrogens with zero attached hydrogens (tertiary/aromatic N) is 2. The highest BCUT2D eigenvalue weighted by molar-refractivity contribution is 7.19. The van der Waals surface area contributed by atoms with E-state index in [1.807, 2.05) is 47.2 Å². The number of aryl methyl sites for hydroxylation is 1. The Hall–Kier alpha value is -2.93. The Morgan fingerprint density at radius 3 is 2.55 bits per heavy atom. The number of aromatic nitrogens is 2. The molecule has 31 heavy (non-hydrogen) atoms. The number of carbonyl (C=O) groups is 1. The summed E-state index contributed by atoms with van der Waals surface area (Å²) in [5.41, 5.74) is 4.44. The first-order valence-corrected chi connectivity index (χ1v) is 11.0. The molecule has 4 aromatic rings. The van der Waals surface area contributed by atoms with Crippen LogP contribution in [0.4, 0.5) is 0 Å². The lowest BCUT2D eigenvalue weighted by molar-refractivity contribution is 0.0697. The Bertz CT molecular complexity index is 1200. The van der Waals surface area contributed by atoms with Crippen LogP contribution < -0.4 is 0 Å². The molecule has 0 aliphatic heterocycles. The summed E-state index contributed by atoms with van der Waals surface area (Å²) in [6.07, 6.45) is 1.98. The number of rotatable bonds is 8. The largest absolute Gasteiger partial charge is 0.478 e. The first-order valence-electron chi connectivity index (χ1n) is 9.76. The van der Waals surface area contributed by atoms with Crippen LogP contribution in [0.1, 0.15) is 32.7 Å². The quantitative estimate of drug-likeness (QED) is 0.354. The molecule has 0 saturated carbocycles. The van der Waals surface area contributed by atoms with Crippen LogP contribution in [0, 0.1) is 6.92 Å². The van der Waals surface area contributed by atoms with Gasteiger partial charge in [0.25, 0.3) is 0 Å². The van der Waals surface area contributed by atoms with Gasteiger partial charge in [-0.1, -0.05) is 48.0 Å². The molecular weight excluding hydrogens is 432 g/mol. The molecule has 7 heteroatoms. The van der Waals surface area contributed by atoms with E-state index in [-0.39, 0.29) is 5.56 Å². The van der Waals surface area contributed by atoms with Crippen molar-refractivity contribution in [2.75, 3.05) is 0 Å². The summed E-state index contributed by atoms with van der Waals surface area (Å²) in [6, 6.07) is 18.8. The van der Waals surface area contributed by atoms with Gasteiger partial charge in [-0.3, -0.25) is 0 Å². The van der Waals surface area contributed by atoms with Gasteiger partial charge in [0.05, 0.1) is 33.7 Å². The van der Waals surface area contributed by atoms with E-state index in [1.54, 1.807) is 12.1 Å². The van der Waals surface area contributed by atoms with Crippen molar-refractivity contribution in [2.45, 2.75) is 26.7 Å². The molecule has 2 aromatic carbocycles. The van der Waals surface area contributed by atoms with Gasteiger partial charge < -0.3 is 14.4 Å². The second kappa shape index (κ2) is 9.47. The zero-order chi connectivity index (χ0) is 21.8. The van der Waals surface area contributed by atoms with Crippen molar-refractivity contribution >= 4 is 28.9 Å². The lowest BCUT2D eigenvalue weighted by Gasteiger charge is -2.07. The molecule has 1 N–H and O–H groups in total. The number of benzene rings is 2. The van der Waals surface area contributed by atoms with E-state index < -0.39 is 5.97 Å². The number of thiophene rings is 1. The van der Waals surface area contributed by atoms with Crippen LogP contribution >= 0.6 is 22.9 Å². The van der Waals surface area contributed by atoms with Crippen LogP contribution in [0.3, 0.4) is 0 Å². The number of halogens is 1. The Balaban J connectivity index is 1.54. The van der Waals surface area contributed by atoms with Crippen LogP contribution in [0.25, 0.3) is 10.7 Å². The smallest absolute Gasteiger partial charge is 0.335 e. The molecule has 0 radical (unpaired) electrons. The molecule has 0 bridgehead atoms. The minimum Gasteiger partial charge on any atom is -0.478 e. The molecule has 2 heterocycles. The lowest BCUT2D eigenvalue weighted by atomic mass is 10.1. The van der Waals surface area contributed by atoms with Crippen molar-refractivity contribution in [1.29, 1.82) is 0 Å². The summed E-state index contributed by atoms with van der Waals surface area (Å²) in [5.74, 6) is -0.120. The maximum absolute atomic E-state index is 11.1. The molecular formula is C24H21ClN2O3S. The third-order valence-electron chi connectivity index (χ3n) is 4.94. The maximum atomic E-state index is 11.1. The van der Waals surface area contributed by atoms with Crippen molar-refractivity contribution in [1.82, 2.24) is 9.55 Å². The summed E-state index contributed by atoms with van der Waals surface area (Å²) >= 11 is 7.62. The third kappa shape index (κ3) is 5.22. The third-order valence-corrected chi connectivity index (χ3v) is 6.17. The predicted molar refractivity (Wildman–Crippen MR) is 123 cm³/mol. The highest BCUT2D eigenvalue weighted by Gasteiger charge is 2.14. The molecule has 0 aliphatic carbocycles. The van der Waals surface area contributed by atoms with Gasteiger partial charge >= 0.3 is 5.97 Å². The monoisotopic (exact) mass is 452 g/mol. The van der Waals surface area contributed by atoms with Gasteiger partial charge in [-0.15, -0.1) is 11.3 Å². The fourth-order valence-corrected chi connectivity index (χ4v) is 4.33. The van der Waals surface area contributed by atoms with E-state index in [4.69, 9.17) is 26.4 Å². The van der Waals surface area contributed by atoms with Crippen LogP contribution in [0.5, 0.6) is 0 Å². The summed E-state index contributed by atoms with van der Waals surface area (Å²) < 4.78 is 8.67. The molecule has 0 saturated heterocycles. The summed E-state index contributed by atoms with van der Waals surface area (Å²) in [6.45, 7) is 3.55. The average Bonchev–Trinajstić information content (AvgIpc) is 3.36. The summed E-state index contributed by atoms with van der Waals surface area (Å²) in [7, 11) is 0. The van der Waals surface area contributed by atoms with Crippen molar-refractivity contribution in [3.05, 3.63) is 99.1 Å². The van der Waals surface area contributed by atoms with Crippen LogP contribution in [0.2, 0.25) is 4.34 Å². The highest BCUT2D eigenvalue weighted by Crippen LogP contribution is 2.31. The second-order valence-electron chi connectivity index (χ2n) is 7.21. The van der Waals surface area contributed by atoms with Gasteiger partial charge in [0.1, 0.15) is 0 Å². The normalized spacial score (nSPS) is 11.0. The molecule has 2 aromatic heterocycles. The Morgan fingerprint density at radius 1 is 1.10 bits per heavy atom. The minimum atomic E-state index is -0.934. The van der Waals surface area contributed by atoms with Crippen molar-refractivity contribution in [3.8, 4) is 10.7 Å². The molecule has 0 aliphatic rings. The SMILES string of the molecule is Cc1ccccc1COCc1cn(Cc2ccc(C(=O)O)cc2)c(-c2ccc(Cl)s2)n1. The maximum Gasteiger partial charge on any atom is 0.335 e. The number of carboxylic acids is 1. The number of hydrogen-bond donors (Lipinski definition) is 1. The van der Waals surface area contributed by atoms with Crippen molar-refractivity contribution < 1.29 is 14.6 Å². The van der Waals surface area contributed by atoms with E-state index in [1.165, 1.54) is 16.9 Å². The minimum absolute atomic E-state index is 0.268. The molecule has 5 nitrogen and oxygen atoms in total. The summed E-state index contributed by atoms with van der Waals surface area (Å²) in [4.78, 5) is 16.9. The first-order chi connectivity index (χ1) is 15.0. The second-order valence-corrected chi connectivity index (χ2v) is 8.92. The van der Waals surface area contributed by atoms with Gasteiger partial charge in [-0.2, -0.15) is 0 Å². The topological polar surface area (TPSA) is 64.3 Å². The average molecular weight is 453 g/mol. The van der Waals surface area contributed by atoms with Gasteiger partial charge in [-0.25, -0.2) is 9.78 Å². The fraction of sp³-hybridized carbons (Fsp3) is 0.167. The van der Waals surface area contributed by atoms with Gasteiger partial charge in [0.2, 0.25) is 0 Å². The molecule has 158 valence electrons. The highest BCUT2D eigenvalue weighted by atomic mass is 35.5. The zero-order valence-electron chi connectivity index (χ0n) is 16.9. The number of carboxylic acid groups (broad SMARTS) is 1. The van der Waals surface area contributed by atoms with E-state index in [0.29, 0.717) is 24.1 Å². The molecule has 0 unspecified atom stereocenters. The number of imidazole rings is 1. The molecule has 0 fully saturated rings. The van der Waals surface area contributed by atoms with E-state index in [0.717, 1.165) is 27.5 Å². The number of hydrogen-bond acceptors (Lipinski definition) is 4. The molecule has 4 rings (SSSR count). The number of aromatic carboxylic acids is 1. The Labute approximate surface area is 189 Å². The van der Waals surface area contributed by atoms with Crippen LogP contribution in [-0.4, -0.2) is 20.6 Å². The van der Waals surface area contributed by atoms with Gasteiger partial charge in [0.15, 0.2) is 5.82 Å². The fourth-order valence-electron chi connectivity index (χ4n) is 3.28. The Kier molecular flexibility index (Phi) is 6.51. The molecule has 0 atom stereocenters. The van der Waals surface area contributed by atoms with Gasteiger partial charge in [0, 0.05) is 12.7 Å². The van der Waals surface area contributed by atoms with Crippen LogP contribution in [-0.2, 0) is 24.5 Å².